The second-order valence-corrected chi connectivity index (χ2v) is 11.1. The van der Waals surface area contributed by atoms with Gasteiger partial charge in [0.2, 0.25) is 0 Å². The molecule has 188 valence electrons. The lowest BCUT2D eigenvalue weighted by Crippen LogP contribution is -2.79. The molecule has 0 aromatic rings. The summed E-state index contributed by atoms with van der Waals surface area (Å²) in [6, 6.07) is 0. The van der Waals surface area contributed by atoms with Gasteiger partial charge in [0, 0.05) is 0 Å². The molecule has 20 heteroatoms. The van der Waals surface area contributed by atoms with Gasteiger partial charge >= 0.3 is 48.2 Å². The van der Waals surface area contributed by atoms with Crippen LogP contribution in [-0.4, -0.2) is 56.5 Å². The van der Waals surface area contributed by atoms with Gasteiger partial charge in [0.05, 0.1) is 0 Å². The minimum atomic E-state index is -8.03. The summed E-state index contributed by atoms with van der Waals surface area (Å²) in [7, 11) is -4.77. The highest BCUT2D eigenvalue weighted by molar-refractivity contribution is 6.69. The van der Waals surface area contributed by atoms with E-state index in [4.69, 9.17) is 0 Å². The third kappa shape index (κ3) is 4.98. The van der Waals surface area contributed by atoms with Crippen LogP contribution in [0, 0.1) is 0 Å². The van der Waals surface area contributed by atoms with Crippen molar-refractivity contribution in [3.05, 3.63) is 0 Å². The fourth-order valence-electron chi connectivity index (χ4n) is 1.90. The van der Waals surface area contributed by atoms with Crippen LogP contribution in [0.3, 0.4) is 0 Å². The zero-order valence-electron chi connectivity index (χ0n) is 14.7. The molecule has 0 saturated carbocycles. The SMILES string of the molecule is C[Si](C)(C)OC(C(F)(F)F)(C(F)(F)F)[C@](F)(OC(F)(F)C(F)(F)C(F)(F)F)C(F)(F)F. The first-order valence-corrected chi connectivity index (χ1v) is 10.4. The summed E-state index contributed by atoms with van der Waals surface area (Å²) >= 11 is 0. The molecule has 0 rings (SSSR count). The molecule has 0 fully saturated rings. The summed E-state index contributed by atoms with van der Waals surface area (Å²) in [5, 5.41) is 0. The van der Waals surface area contributed by atoms with Crippen LogP contribution in [0.2, 0.25) is 19.6 Å². The molecule has 0 spiro atoms. The number of alkyl halides is 17. The summed E-state index contributed by atoms with van der Waals surface area (Å²) in [5.41, 5.74) is -7.49. The van der Waals surface area contributed by atoms with E-state index in [1.165, 1.54) is 4.74 Å². The lowest BCUT2D eigenvalue weighted by Gasteiger charge is -2.49. The van der Waals surface area contributed by atoms with E-state index >= 15 is 0 Å². The van der Waals surface area contributed by atoms with Gasteiger partial charge in [-0.05, 0) is 19.6 Å². The lowest BCUT2D eigenvalue weighted by molar-refractivity contribution is -0.539. The number of hydrogen-bond donors (Lipinski definition) is 0. The van der Waals surface area contributed by atoms with E-state index in [-0.39, 0.29) is 19.6 Å². The molecule has 0 saturated heterocycles. The molecule has 0 N–H and O–H groups in total. The van der Waals surface area contributed by atoms with Crippen molar-refractivity contribution < 1.29 is 83.8 Å². The standard InChI is InChI=1S/C11H9F17O2Si/c1-31(2,3)30-4(7(15,16)17,8(18,19)20)6(14,10(24,25)26)29-11(27,28)5(12,13)9(21,22)23/h1-3H3/t6-/m0/s1. The second-order valence-electron chi connectivity index (χ2n) is 6.68. The molecule has 0 aromatic carbocycles. The van der Waals surface area contributed by atoms with Crippen LogP contribution >= 0.6 is 0 Å². The van der Waals surface area contributed by atoms with Crippen LogP contribution in [-0.2, 0) is 9.16 Å². The van der Waals surface area contributed by atoms with Gasteiger partial charge in [0.25, 0.3) is 0 Å². The van der Waals surface area contributed by atoms with Gasteiger partial charge in [0.1, 0.15) is 0 Å². The van der Waals surface area contributed by atoms with E-state index < -0.39 is 56.5 Å². The lowest BCUT2D eigenvalue weighted by atomic mass is 9.91. The van der Waals surface area contributed by atoms with Gasteiger partial charge in [0.15, 0.2) is 8.32 Å². The Hall–Kier alpha value is -1.05. The highest BCUT2D eigenvalue weighted by Gasteiger charge is 2.93. The Morgan fingerprint density at radius 2 is 0.806 bits per heavy atom. The van der Waals surface area contributed by atoms with E-state index in [2.05, 4.69) is 4.43 Å². The van der Waals surface area contributed by atoms with E-state index in [0.717, 1.165) is 0 Å². The van der Waals surface area contributed by atoms with E-state index in [1.54, 1.807) is 0 Å². The van der Waals surface area contributed by atoms with Crippen LogP contribution < -0.4 is 0 Å². The first-order valence-electron chi connectivity index (χ1n) is 7.03. The van der Waals surface area contributed by atoms with Crippen molar-refractivity contribution in [3.63, 3.8) is 0 Å². The zero-order valence-corrected chi connectivity index (χ0v) is 15.7. The van der Waals surface area contributed by atoms with E-state index in [1.807, 2.05) is 0 Å². The molecular formula is C11H9F17O2Si. The predicted octanol–water partition coefficient (Wildman–Crippen LogP) is 6.74. The fourth-order valence-corrected chi connectivity index (χ4v) is 3.18. The van der Waals surface area contributed by atoms with Gasteiger partial charge in [-0.15, -0.1) is 0 Å². The smallest absolute Gasteiger partial charge is 0.393 e. The second kappa shape index (κ2) is 7.49. The average Bonchev–Trinajstić information content (AvgIpc) is 2.37. The van der Waals surface area contributed by atoms with Gasteiger partial charge < -0.3 is 4.43 Å². The van der Waals surface area contributed by atoms with Crippen molar-refractivity contribution in [1.29, 1.82) is 0 Å². The van der Waals surface area contributed by atoms with Crippen LogP contribution in [0.5, 0.6) is 0 Å². The van der Waals surface area contributed by atoms with E-state index in [9.17, 15) is 74.6 Å². The number of ether oxygens (including phenoxy) is 1. The van der Waals surface area contributed by atoms with Crippen molar-refractivity contribution in [2.45, 2.75) is 67.8 Å². The number of rotatable bonds is 6. The van der Waals surface area contributed by atoms with Crippen LogP contribution in [0.1, 0.15) is 0 Å². The minimum Gasteiger partial charge on any atom is -0.393 e. The van der Waals surface area contributed by atoms with Crippen LogP contribution in [0.4, 0.5) is 74.6 Å². The Balaban J connectivity index is 7.44. The van der Waals surface area contributed by atoms with Gasteiger partial charge in [-0.2, -0.15) is 74.6 Å². The predicted molar refractivity (Wildman–Crippen MR) is 66.2 cm³/mol. The Labute approximate surface area is 161 Å². The van der Waals surface area contributed by atoms with Crippen molar-refractivity contribution in [3.8, 4) is 0 Å². The maximum Gasteiger partial charge on any atom is 0.462 e. The highest BCUT2D eigenvalue weighted by Crippen LogP contribution is 2.62. The largest absolute Gasteiger partial charge is 0.462 e. The highest BCUT2D eigenvalue weighted by atomic mass is 28.4. The van der Waals surface area contributed by atoms with Crippen molar-refractivity contribution in [1.82, 2.24) is 0 Å². The molecular weight excluding hydrogens is 515 g/mol. The topological polar surface area (TPSA) is 18.5 Å². The first-order chi connectivity index (χ1) is 12.9. The molecule has 0 aliphatic heterocycles. The minimum absolute atomic E-state index is 0.262. The molecule has 0 bridgehead atoms. The normalized spacial score (nSPS) is 18.2. The monoisotopic (exact) mass is 524 g/mol. The summed E-state index contributed by atoms with van der Waals surface area (Å²) in [6.07, 6.45) is -38.9. The Morgan fingerprint density at radius 3 is 1.00 bits per heavy atom. The molecule has 0 unspecified atom stereocenters. The fraction of sp³-hybridized carbons (Fsp3) is 1.00. The van der Waals surface area contributed by atoms with Crippen molar-refractivity contribution in [2.75, 3.05) is 0 Å². The number of halogens is 17. The van der Waals surface area contributed by atoms with Crippen molar-refractivity contribution in [2.24, 2.45) is 0 Å². The summed E-state index contributed by atoms with van der Waals surface area (Å²) < 4.78 is 226. The summed E-state index contributed by atoms with van der Waals surface area (Å²) in [4.78, 5) is 0. The molecule has 1 atom stereocenters. The Bertz CT molecular complexity index is 623. The number of hydrogen-bond acceptors (Lipinski definition) is 2. The summed E-state index contributed by atoms with van der Waals surface area (Å²) in [6.45, 7) is 0.787. The maximum atomic E-state index is 14.5. The third-order valence-electron chi connectivity index (χ3n) is 3.07. The van der Waals surface area contributed by atoms with Gasteiger partial charge in [-0.3, -0.25) is 4.74 Å². The zero-order chi connectivity index (χ0) is 25.9. The molecule has 31 heavy (non-hydrogen) atoms. The summed E-state index contributed by atoms with van der Waals surface area (Å²) in [5.74, 6) is -15.9. The molecule has 2 nitrogen and oxygen atoms in total. The third-order valence-corrected chi connectivity index (χ3v) is 3.98. The Kier molecular flexibility index (Phi) is 7.23. The van der Waals surface area contributed by atoms with E-state index in [0.29, 0.717) is 0 Å². The average molecular weight is 524 g/mol. The molecule has 0 amide bonds. The maximum absolute atomic E-state index is 14.5. The molecule has 0 heterocycles. The van der Waals surface area contributed by atoms with Gasteiger partial charge in [-0.1, -0.05) is 0 Å². The van der Waals surface area contributed by atoms with Crippen LogP contribution in [0.15, 0.2) is 0 Å². The van der Waals surface area contributed by atoms with Crippen LogP contribution in [0.25, 0.3) is 0 Å². The van der Waals surface area contributed by atoms with Gasteiger partial charge in [-0.25, -0.2) is 0 Å². The molecule has 0 aromatic heterocycles. The molecule has 0 radical (unpaired) electrons. The van der Waals surface area contributed by atoms with Crippen molar-refractivity contribution >= 4 is 8.32 Å². The Morgan fingerprint density at radius 1 is 0.484 bits per heavy atom. The molecule has 0 aliphatic rings. The quantitative estimate of drug-likeness (QED) is 0.283. The first kappa shape index (κ1) is 29.9. The molecule has 0 aliphatic carbocycles.